The lowest BCUT2D eigenvalue weighted by Gasteiger charge is -2.22. The van der Waals surface area contributed by atoms with Crippen LogP contribution in [0.15, 0.2) is 0 Å². The Balaban J connectivity index is 2.50. The second-order valence-corrected chi connectivity index (χ2v) is 3.61. The van der Waals surface area contributed by atoms with Crippen LogP contribution in [0.5, 0.6) is 0 Å². The summed E-state index contributed by atoms with van der Waals surface area (Å²) in [5, 5.41) is 8.77. The van der Waals surface area contributed by atoms with Gasteiger partial charge in [-0.3, -0.25) is 4.79 Å². The first-order chi connectivity index (χ1) is 7.06. The van der Waals surface area contributed by atoms with Crippen LogP contribution in [0, 0.1) is 18.3 Å². The summed E-state index contributed by atoms with van der Waals surface area (Å²) in [4.78, 5) is 25.3. The zero-order valence-corrected chi connectivity index (χ0v) is 8.64. The summed E-state index contributed by atoms with van der Waals surface area (Å²) in [5.74, 6) is 1.09. The molecule has 0 aromatic heterocycles. The summed E-state index contributed by atoms with van der Waals surface area (Å²) >= 11 is 0. The zero-order valence-electron chi connectivity index (χ0n) is 8.64. The van der Waals surface area contributed by atoms with Crippen LogP contribution in [-0.2, 0) is 4.79 Å². The first-order valence-corrected chi connectivity index (χ1v) is 4.72. The molecule has 1 aliphatic rings. The highest BCUT2D eigenvalue weighted by molar-refractivity contribution is 5.77. The number of carbonyl (C=O) groups excluding carboxylic acids is 1. The molecule has 0 aromatic rings. The molecule has 1 atom stereocenters. The van der Waals surface area contributed by atoms with Crippen LogP contribution in [-0.4, -0.2) is 53.6 Å². The zero-order chi connectivity index (χ0) is 11.4. The summed E-state index contributed by atoms with van der Waals surface area (Å²) in [6.45, 7) is 1.01. The summed E-state index contributed by atoms with van der Waals surface area (Å²) < 4.78 is 0. The lowest BCUT2D eigenvalue weighted by Crippen LogP contribution is -2.40. The van der Waals surface area contributed by atoms with Crippen LogP contribution in [0.3, 0.4) is 0 Å². The van der Waals surface area contributed by atoms with Gasteiger partial charge in [0.15, 0.2) is 0 Å². The van der Waals surface area contributed by atoms with Gasteiger partial charge in [0.25, 0.3) is 0 Å². The molecular weight excluding hydrogens is 196 g/mol. The van der Waals surface area contributed by atoms with E-state index in [9.17, 15) is 9.59 Å². The van der Waals surface area contributed by atoms with E-state index in [4.69, 9.17) is 11.5 Å². The molecule has 0 radical (unpaired) electrons. The molecule has 1 aliphatic heterocycles. The quantitative estimate of drug-likeness (QED) is 0.656. The van der Waals surface area contributed by atoms with Crippen LogP contribution in [0.4, 0.5) is 4.79 Å². The van der Waals surface area contributed by atoms with E-state index in [1.807, 2.05) is 0 Å². The average molecular weight is 210 g/mol. The lowest BCUT2D eigenvalue weighted by atomic mass is 10.1. The number of terminal acetylenes is 1. The van der Waals surface area contributed by atoms with Crippen LogP contribution in [0.1, 0.15) is 6.42 Å². The van der Waals surface area contributed by atoms with Crippen LogP contribution < -0.4 is 0 Å². The van der Waals surface area contributed by atoms with E-state index in [-0.39, 0.29) is 19.1 Å². The normalized spacial score (nSPS) is 19.7. The predicted molar refractivity (Wildman–Crippen MR) is 54.2 cm³/mol. The molecule has 0 spiro atoms. The topological polar surface area (TPSA) is 60.9 Å². The fourth-order valence-corrected chi connectivity index (χ4v) is 1.58. The maximum atomic E-state index is 11.7. The summed E-state index contributed by atoms with van der Waals surface area (Å²) in [7, 11) is 1.61. The van der Waals surface area contributed by atoms with Gasteiger partial charge in [-0.1, -0.05) is 5.92 Å². The van der Waals surface area contributed by atoms with Crippen molar-refractivity contribution in [2.45, 2.75) is 6.42 Å². The fourth-order valence-electron chi connectivity index (χ4n) is 1.58. The fraction of sp³-hybridized carbons (Fsp3) is 0.600. The molecule has 1 heterocycles. The van der Waals surface area contributed by atoms with Crippen molar-refractivity contribution in [2.75, 3.05) is 26.7 Å². The molecule has 0 aromatic carbocycles. The SMILES string of the molecule is C#CCN(C)C(=O)N1CCC(C(=O)O)C1. The van der Waals surface area contributed by atoms with Crippen molar-refractivity contribution < 1.29 is 14.7 Å². The molecule has 5 heteroatoms. The van der Waals surface area contributed by atoms with E-state index < -0.39 is 11.9 Å². The number of aliphatic carboxylic acids is 1. The Bertz CT molecular complexity index is 308. The minimum atomic E-state index is -0.843. The Morgan fingerprint density at radius 3 is 2.80 bits per heavy atom. The maximum absolute atomic E-state index is 11.7. The number of carbonyl (C=O) groups is 2. The Morgan fingerprint density at radius 1 is 1.67 bits per heavy atom. The van der Waals surface area contributed by atoms with E-state index in [0.29, 0.717) is 13.0 Å². The van der Waals surface area contributed by atoms with Gasteiger partial charge in [0.2, 0.25) is 0 Å². The van der Waals surface area contributed by atoms with E-state index >= 15 is 0 Å². The number of carboxylic acids is 1. The Kier molecular flexibility index (Phi) is 3.56. The van der Waals surface area contributed by atoms with Gasteiger partial charge in [-0.25, -0.2) is 4.79 Å². The van der Waals surface area contributed by atoms with Crippen molar-refractivity contribution in [3.8, 4) is 12.3 Å². The molecule has 2 amide bonds. The minimum absolute atomic E-state index is 0.197. The largest absolute Gasteiger partial charge is 0.481 e. The van der Waals surface area contributed by atoms with E-state index in [1.165, 1.54) is 9.80 Å². The summed E-state index contributed by atoms with van der Waals surface area (Å²) in [6.07, 6.45) is 5.60. The van der Waals surface area contributed by atoms with Gasteiger partial charge in [0, 0.05) is 20.1 Å². The van der Waals surface area contributed by atoms with E-state index in [1.54, 1.807) is 7.05 Å². The average Bonchev–Trinajstić information content (AvgIpc) is 2.65. The molecule has 0 saturated carbocycles. The number of likely N-dealkylation sites (tertiary alicyclic amines) is 1. The number of rotatable bonds is 2. The molecule has 15 heavy (non-hydrogen) atoms. The standard InChI is InChI=1S/C10H14N2O3/c1-3-5-11(2)10(15)12-6-4-8(7-12)9(13)14/h1,8H,4-7H2,2H3,(H,13,14). The van der Waals surface area contributed by atoms with E-state index in [2.05, 4.69) is 5.92 Å². The Hall–Kier alpha value is -1.70. The van der Waals surface area contributed by atoms with Crippen molar-refractivity contribution >= 4 is 12.0 Å². The third-order valence-corrected chi connectivity index (χ3v) is 2.46. The summed E-state index contributed by atoms with van der Waals surface area (Å²) in [5.41, 5.74) is 0. The highest BCUT2D eigenvalue weighted by Crippen LogP contribution is 2.17. The second kappa shape index (κ2) is 4.69. The van der Waals surface area contributed by atoms with Gasteiger partial charge < -0.3 is 14.9 Å². The molecule has 1 saturated heterocycles. The van der Waals surface area contributed by atoms with Gasteiger partial charge >= 0.3 is 12.0 Å². The highest BCUT2D eigenvalue weighted by Gasteiger charge is 2.31. The third-order valence-electron chi connectivity index (χ3n) is 2.46. The van der Waals surface area contributed by atoms with Crippen molar-refractivity contribution in [2.24, 2.45) is 5.92 Å². The van der Waals surface area contributed by atoms with Crippen molar-refractivity contribution in [1.82, 2.24) is 9.80 Å². The number of carboxylic acid groups (broad SMARTS) is 1. The van der Waals surface area contributed by atoms with Gasteiger partial charge in [0.1, 0.15) is 0 Å². The lowest BCUT2D eigenvalue weighted by molar-refractivity contribution is -0.141. The van der Waals surface area contributed by atoms with Crippen molar-refractivity contribution in [1.29, 1.82) is 0 Å². The van der Waals surface area contributed by atoms with E-state index in [0.717, 1.165) is 0 Å². The smallest absolute Gasteiger partial charge is 0.320 e. The Morgan fingerprint density at radius 2 is 2.33 bits per heavy atom. The van der Waals surface area contributed by atoms with Crippen LogP contribution >= 0.6 is 0 Å². The number of nitrogens with zero attached hydrogens (tertiary/aromatic N) is 2. The number of hydrogen-bond donors (Lipinski definition) is 1. The molecule has 1 rings (SSSR count). The van der Waals surface area contributed by atoms with Gasteiger partial charge in [-0.15, -0.1) is 6.42 Å². The monoisotopic (exact) mass is 210 g/mol. The third kappa shape index (κ3) is 2.62. The minimum Gasteiger partial charge on any atom is -0.481 e. The molecule has 5 nitrogen and oxygen atoms in total. The van der Waals surface area contributed by atoms with Gasteiger partial charge in [-0.05, 0) is 6.42 Å². The molecule has 1 N–H and O–H groups in total. The maximum Gasteiger partial charge on any atom is 0.320 e. The summed E-state index contributed by atoms with van der Waals surface area (Å²) in [6, 6.07) is -0.197. The molecule has 1 fully saturated rings. The van der Waals surface area contributed by atoms with Gasteiger partial charge in [0.05, 0.1) is 12.5 Å². The first-order valence-electron chi connectivity index (χ1n) is 4.72. The number of amides is 2. The molecule has 82 valence electrons. The molecule has 1 unspecified atom stereocenters. The Labute approximate surface area is 88.7 Å². The second-order valence-electron chi connectivity index (χ2n) is 3.61. The predicted octanol–water partition coefficient (Wildman–Crippen LogP) is 0.0779. The van der Waals surface area contributed by atoms with Gasteiger partial charge in [-0.2, -0.15) is 0 Å². The molecule has 0 bridgehead atoms. The van der Waals surface area contributed by atoms with Crippen molar-refractivity contribution in [3.05, 3.63) is 0 Å². The van der Waals surface area contributed by atoms with Crippen LogP contribution in [0.25, 0.3) is 0 Å². The first kappa shape index (κ1) is 11.4. The number of hydrogen-bond acceptors (Lipinski definition) is 2. The molecular formula is C10H14N2O3. The highest BCUT2D eigenvalue weighted by atomic mass is 16.4. The van der Waals surface area contributed by atoms with Crippen molar-refractivity contribution in [3.63, 3.8) is 0 Å². The molecule has 0 aliphatic carbocycles. The number of urea groups is 1. The van der Waals surface area contributed by atoms with Crippen LogP contribution in [0.2, 0.25) is 0 Å².